The van der Waals surface area contributed by atoms with Crippen LogP contribution in [-0.2, 0) is 9.57 Å². The summed E-state index contributed by atoms with van der Waals surface area (Å²) >= 11 is 0. The molecule has 0 aliphatic carbocycles. The number of hydrogen-bond acceptors (Lipinski definition) is 9. The predicted molar refractivity (Wildman–Crippen MR) is 61.8 cm³/mol. The quantitative estimate of drug-likeness (QED) is 0.406. The van der Waals surface area contributed by atoms with Crippen LogP contribution in [0.25, 0.3) is 0 Å². The van der Waals surface area contributed by atoms with Crippen molar-refractivity contribution in [1.82, 2.24) is 9.55 Å². The molecule has 4 N–H and O–H groups in total. The van der Waals surface area contributed by atoms with E-state index in [0.29, 0.717) is 0 Å². The molecule has 110 valence electrons. The van der Waals surface area contributed by atoms with Crippen molar-refractivity contribution in [3.05, 3.63) is 32.9 Å². The molecule has 4 atom stereocenters. The minimum Gasteiger partial charge on any atom is -0.394 e. The molecule has 2 heterocycles. The van der Waals surface area contributed by atoms with Crippen LogP contribution in [0.5, 0.6) is 0 Å². The van der Waals surface area contributed by atoms with E-state index in [4.69, 9.17) is 15.6 Å². The molecule has 11 heteroatoms. The lowest BCUT2D eigenvalue weighted by atomic mass is 10.1. The van der Waals surface area contributed by atoms with E-state index in [0.717, 1.165) is 4.57 Å². The van der Waals surface area contributed by atoms with Crippen molar-refractivity contribution < 1.29 is 24.9 Å². The molecular formula is C9H12N4O7. The maximum absolute atomic E-state index is 11.7. The highest BCUT2D eigenvalue weighted by Crippen LogP contribution is 2.30. The van der Waals surface area contributed by atoms with Crippen molar-refractivity contribution in [2.24, 2.45) is 0 Å². The molecule has 0 saturated carbocycles. The summed E-state index contributed by atoms with van der Waals surface area (Å²) in [5.74, 6) is -0.0322. The molecule has 1 fully saturated rings. The van der Waals surface area contributed by atoms with Crippen LogP contribution >= 0.6 is 0 Å². The molecule has 0 aromatic carbocycles. The number of rotatable bonds is 4. The first-order valence-corrected chi connectivity index (χ1v) is 5.54. The normalized spacial score (nSPS) is 29.3. The van der Waals surface area contributed by atoms with Gasteiger partial charge in [0.15, 0.2) is 12.3 Å². The fourth-order valence-electron chi connectivity index (χ4n) is 1.93. The van der Waals surface area contributed by atoms with Crippen molar-refractivity contribution in [2.45, 2.75) is 24.5 Å². The van der Waals surface area contributed by atoms with Crippen molar-refractivity contribution in [3.63, 3.8) is 0 Å². The minimum absolute atomic E-state index is 0.0322. The van der Waals surface area contributed by atoms with Gasteiger partial charge in [-0.3, -0.25) is 4.57 Å². The average molecular weight is 288 g/mol. The second-order valence-electron chi connectivity index (χ2n) is 4.07. The van der Waals surface area contributed by atoms with E-state index in [1.807, 2.05) is 0 Å². The highest BCUT2D eigenvalue weighted by atomic mass is 17.0. The summed E-state index contributed by atoms with van der Waals surface area (Å²) in [6.07, 6.45) is -4.15. The highest BCUT2D eigenvalue weighted by Gasteiger charge is 2.47. The summed E-state index contributed by atoms with van der Waals surface area (Å²) < 4.78 is 6.09. The molecule has 0 radical (unpaired) electrons. The van der Waals surface area contributed by atoms with Crippen LogP contribution in [0.1, 0.15) is 6.23 Å². The van der Waals surface area contributed by atoms with Gasteiger partial charge in [0.05, 0.1) is 6.61 Å². The van der Waals surface area contributed by atoms with E-state index >= 15 is 0 Å². The third-order valence-corrected chi connectivity index (χ3v) is 2.83. The van der Waals surface area contributed by atoms with Crippen LogP contribution in [0.4, 0.5) is 5.82 Å². The predicted octanol–water partition coefficient (Wildman–Crippen LogP) is -2.35. The summed E-state index contributed by atoms with van der Waals surface area (Å²) in [5.41, 5.74) is 4.51. The first-order valence-electron chi connectivity index (χ1n) is 5.54. The summed E-state index contributed by atoms with van der Waals surface area (Å²) in [6, 6.07) is 1.28. The highest BCUT2D eigenvalue weighted by molar-refractivity contribution is 5.23. The van der Waals surface area contributed by atoms with Gasteiger partial charge in [0.25, 0.3) is 5.09 Å². The largest absolute Gasteiger partial charge is 0.394 e. The molecule has 0 amide bonds. The average Bonchev–Trinajstić information content (AvgIpc) is 2.66. The number of nitrogens with zero attached hydrogens (tertiary/aromatic N) is 3. The zero-order valence-electron chi connectivity index (χ0n) is 10.0. The van der Waals surface area contributed by atoms with Gasteiger partial charge in [0.1, 0.15) is 18.0 Å². The zero-order valence-corrected chi connectivity index (χ0v) is 10.0. The zero-order chi connectivity index (χ0) is 14.9. The molecule has 20 heavy (non-hydrogen) atoms. The van der Waals surface area contributed by atoms with Crippen LogP contribution in [0.3, 0.4) is 0 Å². The molecule has 1 aromatic heterocycles. The van der Waals surface area contributed by atoms with Gasteiger partial charge in [-0.2, -0.15) is 4.98 Å². The van der Waals surface area contributed by atoms with Gasteiger partial charge in [0.2, 0.25) is 0 Å². The van der Waals surface area contributed by atoms with Crippen LogP contribution < -0.4 is 11.4 Å². The fraction of sp³-hybridized carbons (Fsp3) is 0.556. The first-order chi connectivity index (χ1) is 9.43. The van der Waals surface area contributed by atoms with Crippen LogP contribution in [0, 0.1) is 10.1 Å². The number of nitrogen functional groups attached to an aromatic ring is 1. The Morgan fingerprint density at radius 2 is 2.35 bits per heavy atom. The second-order valence-corrected chi connectivity index (χ2v) is 4.07. The lowest BCUT2D eigenvalue weighted by molar-refractivity contribution is -0.772. The maximum Gasteiger partial charge on any atom is 0.351 e. The van der Waals surface area contributed by atoms with E-state index in [2.05, 4.69) is 9.82 Å². The van der Waals surface area contributed by atoms with Gasteiger partial charge in [0, 0.05) is 6.20 Å². The van der Waals surface area contributed by atoms with Crippen molar-refractivity contribution in [3.8, 4) is 0 Å². The Morgan fingerprint density at radius 3 is 2.90 bits per heavy atom. The number of aromatic nitrogens is 2. The minimum atomic E-state index is -1.47. The smallest absolute Gasteiger partial charge is 0.351 e. The summed E-state index contributed by atoms with van der Waals surface area (Å²) in [4.78, 5) is 29.9. The van der Waals surface area contributed by atoms with E-state index in [-0.39, 0.29) is 5.82 Å². The molecule has 4 unspecified atom stereocenters. The Labute approximate surface area is 111 Å². The second kappa shape index (κ2) is 5.40. The van der Waals surface area contributed by atoms with E-state index < -0.39 is 41.9 Å². The van der Waals surface area contributed by atoms with Gasteiger partial charge in [-0.05, 0) is 6.07 Å². The lowest BCUT2D eigenvalue weighted by Gasteiger charge is -2.19. The van der Waals surface area contributed by atoms with Crippen molar-refractivity contribution in [1.29, 1.82) is 0 Å². The molecule has 11 nitrogen and oxygen atoms in total. The topological polar surface area (TPSA) is 163 Å². The monoisotopic (exact) mass is 288 g/mol. The van der Waals surface area contributed by atoms with Crippen molar-refractivity contribution >= 4 is 5.82 Å². The number of anilines is 1. The van der Waals surface area contributed by atoms with Crippen LogP contribution in [0.2, 0.25) is 0 Å². The maximum atomic E-state index is 11.7. The summed E-state index contributed by atoms with van der Waals surface area (Å²) in [7, 11) is 0. The SMILES string of the molecule is Nc1ccn(C2OC(CO)C(O)C2O[N+](=O)[O-])c(=O)n1. The molecule has 0 bridgehead atoms. The van der Waals surface area contributed by atoms with Gasteiger partial charge < -0.3 is 25.5 Å². The van der Waals surface area contributed by atoms with Crippen LogP contribution in [0.15, 0.2) is 17.1 Å². The Bertz CT molecular complexity index is 561. The number of ether oxygens (including phenoxy) is 1. The molecule has 1 aliphatic heterocycles. The Hall–Kier alpha value is -2.24. The van der Waals surface area contributed by atoms with Gasteiger partial charge in [-0.25, -0.2) is 4.79 Å². The van der Waals surface area contributed by atoms with E-state index in [1.165, 1.54) is 12.3 Å². The van der Waals surface area contributed by atoms with Crippen LogP contribution in [-0.4, -0.2) is 49.8 Å². The third kappa shape index (κ3) is 2.54. The Morgan fingerprint density at radius 1 is 1.65 bits per heavy atom. The molecule has 0 spiro atoms. The van der Waals surface area contributed by atoms with Gasteiger partial charge in [-0.1, -0.05) is 0 Å². The first kappa shape index (κ1) is 14.2. The summed E-state index contributed by atoms with van der Waals surface area (Å²) in [6.45, 7) is -0.591. The Balaban J connectivity index is 2.36. The molecular weight excluding hydrogens is 276 g/mol. The number of aliphatic hydroxyl groups is 2. The van der Waals surface area contributed by atoms with Crippen molar-refractivity contribution in [2.75, 3.05) is 12.3 Å². The Kier molecular flexibility index (Phi) is 3.83. The fourth-order valence-corrected chi connectivity index (χ4v) is 1.93. The van der Waals surface area contributed by atoms with Gasteiger partial charge >= 0.3 is 5.69 Å². The molecule has 1 saturated heterocycles. The van der Waals surface area contributed by atoms with Gasteiger partial charge in [-0.15, -0.1) is 10.1 Å². The lowest BCUT2D eigenvalue weighted by Crippen LogP contribution is -2.39. The number of hydrogen-bond donors (Lipinski definition) is 3. The third-order valence-electron chi connectivity index (χ3n) is 2.83. The number of nitrogens with two attached hydrogens (primary N) is 1. The number of aliphatic hydroxyl groups excluding tert-OH is 2. The molecule has 1 aliphatic rings. The summed E-state index contributed by atoms with van der Waals surface area (Å²) in [5, 5.41) is 28.2. The van der Waals surface area contributed by atoms with E-state index in [9.17, 15) is 20.0 Å². The standard InChI is InChI=1S/C9H12N4O7/c10-5-1-2-12(9(16)11-5)8-7(20-13(17)18)6(15)4(3-14)19-8/h1-2,4,6-8,14-15H,3H2,(H2,10,11,16). The van der Waals surface area contributed by atoms with E-state index in [1.54, 1.807) is 0 Å². The molecule has 1 aromatic rings. The molecule has 2 rings (SSSR count).